The van der Waals surface area contributed by atoms with E-state index in [0.29, 0.717) is 0 Å². The first-order valence-electron chi connectivity index (χ1n) is 23.9. The number of ether oxygens (including phenoxy) is 11. The van der Waals surface area contributed by atoms with E-state index in [1.54, 1.807) is 0 Å². The fourth-order valence-corrected chi connectivity index (χ4v) is 9.55. The van der Waals surface area contributed by atoms with Crippen molar-refractivity contribution in [3.8, 4) is 0 Å². The van der Waals surface area contributed by atoms with Crippen LogP contribution < -0.4 is 16.0 Å². The van der Waals surface area contributed by atoms with Gasteiger partial charge in [0.25, 0.3) is 0 Å². The number of rotatable bonds is 18. The molecule has 6 aliphatic heterocycles. The van der Waals surface area contributed by atoms with Crippen LogP contribution in [0.5, 0.6) is 0 Å². The van der Waals surface area contributed by atoms with Crippen molar-refractivity contribution in [1.82, 2.24) is 16.0 Å². The van der Waals surface area contributed by atoms with Gasteiger partial charge in [0.1, 0.15) is 140 Å². The van der Waals surface area contributed by atoms with Crippen molar-refractivity contribution in [3.05, 3.63) is 0 Å². The minimum absolute atomic E-state index is 0.724. The van der Waals surface area contributed by atoms with Crippen LogP contribution in [0.4, 0.5) is 0 Å². The summed E-state index contributed by atoms with van der Waals surface area (Å²) in [7, 11) is 0. The highest BCUT2D eigenvalue weighted by molar-refractivity contribution is 5.74. The average molecular weight is 1100 g/mol. The van der Waals surface area contributed by atoms with E-state index in [9.17, 15) is 96.1 Å². The normalized spacial score (nSPS) is 48.6. The van der Waals surface area contributed by atoms with Gasteiger partial charge in [-0.3, -0.25) is 14.4 Å². The van der Waals surface area contributed by atoms with Crippen molar-refractivity contribution in [2.24, 2.45) is 0 Å². The summed E-state index contributed by atoms with van der Waals surface area (Å²) in [6.07, 6.45) is -49.7. The van der Waals surface area contributed by atoms with E-state index < -0.39 is 235 Å². The summed E-state index contributed by atoms with van der Waals surface area (Å²) in [5.74, 6) is -2.36. The summed E-state index contributed by atoms with van der Waals surface area (Å²) < 4.78 is 63.7. The van der Waals surface area contributed by atoms with Crippen LogP contribution in [0, 0.1) is 0 Å². The lowest BCUT2D eigenvalue weighted by Gasteiger charge is -2.50. The number of hydrogen-bond acceptors (Lipinski definition) is 30. The number of nitrogens with one attached hydrogen (secondary N) is 3. The Bertz CT molecular complexity index is 1850. The zero-order valence-electron chi connectivity index (χ0n) is 40.7. The number of amides is 3. The molecule has 6 fully saturated rings. The van der Waals surface area contributed by atoms with Gasteiger partial charge >= 0.3 is 0 Å². The van der Waals surface area contributed by atoms with Crippen LogP contribution >= 0.6 is 0 Å². The molecule has 75 heavy (non-hydrogen) atoms. The Balaban J connectivity index is 1.25. The second-order valence-electron chi connectivity index (χ2n) is 19.0. The minimum Gasteiger partial charge on any atom is -0.394 e. The Morgan fingerprint density at radius 3 is 1.36 bits per heavy atom. The second kappa shape index (κ2) is 26.5. The van der Waals surface area contributed by atoms with Crippen molar-refractivity contribution >= 4 is 17.7 Å². The molecule has 33 nitrogen and oxygen atoms in total. The van der Waals surface area contributed by atoms with Gasteiger partial charge in [-0.2, -0.15) is 0 Å². The summed E-state index contributed by atoms with van der Waals surface area (Å²) in [6.45, 7) is -0.201. The number of aliphatic hydroxyl groups excluding tert-OH is 16. The molecular formula is C42H71N3O30. The highest BCUT2D eigenvalue weighted by Gasteiger charge is 2.58. The van der Waals surface area contributed by atoms with Crippen molar-refractivity contribution in [2.45, 2.75) is 212 Å². The third-order valence-corrected chi connectivity index (χ3v) is 13.6. The molecule has 6 rings (SSSR count). The lowest BCUT2D eigenvalue weighted by Crippen LogP contribution is -2.70. The summed E-state index contributed by atoms with van der Waals surface area (Å²) in [5, 5.41) is 180. The first-order chi connectivity index (χ1) is 35.4. The van der Waals surface area contributed by atoms with Crippen LogP contribution in [0.25, 0.3) is 0 Å². The molecule has 0 radical (unpaired) electrons. The van der Waals surface area contributed by atoms with Crippen LogP contribution in [-0.4, -0.2) is 317 Å². The molecule has 6 aliphatic rings. The number of carbonyl (C=O) groups is 3. The van der Waals surface area contributed by atoms with Crippen LogP contribution in [-0.2, 0) is 66.5 Å². The molecule has 6 heterocycles. The van der Waals surface area contributed by atoms with Gasteiger partial charge in [0.05, 0.1) is 39.1 Å². The van der Waals surface area contributed by atoms with Crippen LogP contribution in [0.1, 0.15) is 27.7 Å². The summed E-state index contributed by atoms with van der Waals surface area (Å²) in [4.78, 5) is 36.9. The Morgan fingerprint density at radius 1 is 0.373 bits per heavy atom. The first kappa shape index (κ1) is 61.5. The van der Waals surface area contributed by atoms with E-state index in [2.05, 4.69) is 16.0 Å². The molecule has 0 unspecified atom stereocenters. The lowest BCUT2D eigenvalue weighted by atomic mass is 9.93. The molecule has 6 saturated heterocycles. The predicted molar refractivity (Wildman–Crippen MR) is 233 cm³/mol. The van der Waals surface area contributed by atoms with Crippen LogP contribution in [0.15, 0.2) is 0 Å². The molecule has 33 heteroatoms. The standard InChI is InChI=1S/C42H71N3O30/c1-10-22(53)29(60)31(62)40(66-10)65-9-18-34(27(58)19(37(64)67-18)43-11(2)50)72-39-21(45-13(4)52)28(59)33(17(8-49)71-39)73-41-32(63)35(25(56)16(7-48)69-41)74-42-36(30(61)24(55)15(6-47)70-42)75-38-20(44-12(3)51)26(57)23(54)14(5-46)68-38/h10,14-42,46-49,53-64H,5-9H2,1-4H3,(H,43,50)(H,44,51)(H,45,52)/t10-,14+,15+,16+,17+,18+,19+,20+,21+,22+,23+,24+,25+,26+,27+,28+,29+,30-,31-,32-,33+,34+,35-,36-,37+,38-,39-,40+,41-,42+/m0/s1. The molecule has 0 spiro atoms. The molecule has 0 saturated carbocycles. The maximum atomic E-state index is 12.7. The molecule has 30 atom stereocenters. The first-order valence-corrected chi connectivity index (χ1v) is 23.9. The minimum atomic E-state index is -2.25. The zero-order valence-corrected chi connectivity index (χ0v) is 40.7. The molecule has 3 amide bonds. The maximum absolute atomic E-state index is 12.7. The highest BCUT2D eigenvalue weighted by Crippen LogP contribution is 2.36. The predicted octanol–water partition coefficient (Wildman–Crippen LogP) is -12.6. The summed E-state index contributed by atoms with van der Waals surface area (Å²) >= 11 is 0. The van der Waals surface area contributed by atoms with Gasteiger partial charge < -0.3 is 150 Å². The smallest absolute Gasteiger partial charge is 0.217 e. The third kappa shape index (κ3) is 13.7. The van der Waals surface area contributed by atoms with Gasteiger partial charge in [-0.1, -0.05) is 0 Å². The van der Waals surface area contributed by atoms with Crippen molar-refractivity contribution < 1.29 is 148 Å². The van der Waals surface area contributed by atoms with Gasteiger partial charge in [-0.05, 0) is 6.92 Å². The van der Waals surface area contributed by atoms with Crippen molar-refractivity contribution in [3.63, 3.8) is 0 Å². The SMILES string of the molecule is CC(=O)N[C@@H]1[C@@H](O)[C@H](O[C@@H]2O[C@H](CO)[C@@H](O[C@@H]3O[C@H](CO)[C@@H](O)[C@H](O[C@H]4O[C@H](CO)[C@@H](O)[C@H](O)[C@@H]4O[C@@H]4O[C@H](CO)[C@@H](O)[C@H](O)[C@H]4NC(C)=O)[C@@H]3O)[C@H](O)[C@H]2NC(C)=O)[C@@H](CO[C@@H]2O[C@@H](C)[C@@H](O)[C@@H](O)[C@@H]2O)O[C@H]1O. The Labute approximate surface area is 426 Å². The monoisotopic (exact) mass is 1100 g/mol. The molecule has 0 aromatic heterocycles. The fourth-order valence-electron chi connectivity index (χ4n) is 9.55. The molecule has 0 aliphatic carbocycles. The van der Waals surface area contributed by atoms with Crippen molar-refractivity contribution in [2.75, 3.05) is 33.0 Å². The van der Waals surface area contributed by atoms with E-state index >= 15 is 0 Å². The lowest BCUT2D eigenvalue weighted by molar-refractivity contribution is -0.392. The Kier molecular flexibility index (Phi) is 21.8. The molecule has 0 bridgehead atoms. The van der Waals surface area contributed by atoms with E-state index in [-0.39, 0.29) is 0 Å². The summed E-state index contributed by atoms with van der Waals surface area (Å²) in [6, 6.07) is -5.01. The van der Waals surface area contributed by atoms with Crippen LogP contribution in [0.3, 0.4) is 0 Å². The Hall–Kier alpha value is -2.67. The molecule has 434 valence electrons. The maximum Gasteiger partial charge on any atom is 0.217 e. The van der Waals surface area contributed by atoms with Crippen LogP contribution in [0.2, 0.25) is 0 Å². The quantitative estimate of drug-likeness (QED) is 0.0606. The fraction of sp³-hybridized carbons (Fsp3) is 0.929. The van der Waals surface area contributed by atoms with Gasteiger partial charge in [-0.25, -0.2) is 0 Å². The number of hydrogen-bond donors (Lipinski definition) is 19. The third-order valence-electron chi connectivity index (χ3n) is 13.6. The molecule has 0 aromatic rings. The van der Waals surface area contributed by atoms with Gasteiger partial charge in [0.15, 0.2) is 37.7 Å². The van der Waals surface area contributed by atoms with Crippen molar-refractivity contribution in [1.29, 1.82) is 0 Å². The summed E-state index contributed by atoms with van der Waals surface area (Å²) in [5.41, 5.74) is 0. The second-order valence-corrected chi connectivity index (χ2v) is 19.0. The zero-order chi connectivity index (χ0) is 55.5. The van der Waals surface area contributed by atoms with Gasteiger partial charge in [0.2, 0.25) is 17.7 Å². The molecule has 0 aromatic carbocycles. The van der Waals surface area contributed by atoms with E-state index in [4.69, 9.17) is 52.1 Å². The number of carbonyl (C=O) groups excluding carboxylic acids is 3. The molecular weight excluding hydrogens is 1030 g/mol. The largest absolute Gasteiger partial charge is 0.394 e. The highest BCUT2D eigenvalue weighted by atomic mass is 16.8. The molecule has 19 N–H and O–H groups in total. The number of aliphatic hydroxyl groups is 16. The Morgan fingerprint density at radius 2 is 0.800 bits per heavy atom. The topological polar surface area (TPSA) is 513 Å². The van der Waals surface area contributed by atoms with Gasteiger partial charge in [0, 0.05) is 20.8 Å². The average Bonchev–Trinajstić information content (AvgIpc) is 3.36. The van der Waals surface area contributed by atoms with Gasteiger partial charge in [-0.15, -0.1) is 0 Å². The van der Waals surface area contributed by atoms with E-state index in [0.717, 1.165) is 20.8 Å². The van der Waals surface area contributed by atoms with E-state index in [1.807, 2.05) is 0 Å². The van der Waals surface area contributed by atoms with E-state index in [1.165, 1.54) is 6.92 Å².